The monoisotopic (exact) mass is 381 g/mol. The van der Waals surface area contributed by atoms with Gasteiger partial charge in [-0.15, -0.1) is 0 Å². The first-order valence-electron chi connectivity index (χ1n) is 7.46. The number of carbonyl (C=O) groups excluding carboxylic acids is 1. The molecule has 10 heteroatoms. The number of amides is 1. The van der Waals surface area contributed by atoms with Gasteiger partial charge in [-0.1, -0.05) is 6.07 Å². The summed E-state index contributed by atoms with van der Waals surface area (Å²) in [6, 6.07) is 4.17. The molecule has 0 spiro atoms. The molecular weight excluding hydrogens is 359 g/mol. The van der Waals surface area contributed by atoms with Gasteiger partial charge in [0.05, 0.1) is 18.4 Å². The van der Waals surface area contributed by atoms with Crippen molar-refractivity contribution in [2.75, 3.05) is 45.3 Å². The largest absolute Gasteiger partial charge is 0.416 e. The van der Waals surface area contributed by atoms with Gasteiger partial charge >= 0.3 is 6.18 Å². The van der Waals surface area contributed by atoms with Gasteiger partial charge in [0.1, 0.15) is 0 Å². The Morgan fingerprint density at radius 3 is 2.36 bits per heavy atom. The molecule has 1 aromatic rings. The molecule has 0 fully saturated rings. The van der Waals surface area contributed by atoms with Gasteiger partial charge in [0.15, 0.2) is 0 Å². The quantitative estimate of drug-likeness (QED) is 0.746. The summed E-state index contributed by atoms with van der Waals surface area (Å²) in [4.78, 5) is 13.9. The first-order valence-corrected chi connectivity index (χ1v) is 9.31. The molecule has 0 aromatic heterocycles. The topological polar surface area (TPSA) is 69.7 Å². The number of halogens is 3. The smallest absolute Gasteiger partial charge is 0.325 e. The van der Waals surface area contributed by atoms with E-state index in [4.69, 9.17) is 0 Å². The van der Waals surface area contributed by atoms with Gasteiger partial charge in [-0.2, -0.15) is 17.5 Å². The van der Waals surface area contributed by atoms with E-state index >= 15 is 0 Å². The predicted octanol–water partition coefficient (Wildman–Crippen LogP) is 1.86. The van der Waals surface area contributed by atoms with E-state index in [2.05, 4.69) is 5.32 Å². The van der Waals surface area contributed by atoms with Crippen molar-refractivity contribution in [1.29, 1.82) is 0 Å². The third-order valence-electron chi connectivity index (χ3n) is 3.28. The number of nitrogens with one attached hydrogen (secondary N) is 1. The molecule has 1 amide bonds. The van der Waals surface area contributed by atoms with Gasteiger partial charge in [-0.05, 0) is 45.3 Å². The number of anilines is 1. The first kappa shape index (κ1) is 21.4. The Morgan fingerprint density at radius 2 is 1.84 bits per heavy atom. The zero-order valence-electron chi connectivity index (χ0n) is 14.3. The van der Waals surface area contributed by atoms with Gasteiger partial charge in [0.2, 0.25) is 15.9 Å². The number of hydrogen-bond acceptors (Lipinski definition) is 4. The van der Waals surface area contributed by atoms with Crippen LogP contribution in [0.25, 0.3) is 0 Å². The van der Waals surface area contributed by atoms with Crippen LogP contribution in [0.1, 0.15) is 12.0 Å². The van der Waals surface area contributed by atoms with Crippen molar-refractivity contribution in [2.24, 2.45) is 0 Å². The molecule has 0 saturated carbocycles. The second-order valence-corrected chi connectivity index (χ2v) is 7.86. The maximum Gasteiger partial charge on any atom is 0.416 e. The van der Waals surface area contributed by atoms with Gasteiger partial charge in [0.25, 0.3) is 0 Å². The molecule has 6 nitrogen and oxygen atoms in total. The Morgan fingerprint density at radius 1 is 1.20 bits per heavy atom. The van der Waals surface area contributed by atoms with E-state index in [1.165, 1.54) is 12.1 Å². The van der Waals surface area contributed by atoms with E-state index in [1.54, 1.807) is 0 Å². The molecule has 1 rings (SSSR count). The lowest BCUT2D eigenvalue weighted by molar-refractivity contribution is -0.137. The van der Waals surface area contributed by atoms with Crippen LogP contribution in [0.5, 0.6) is 0 Å². The summed E-state index contributed by atoms with van der Waals surface area (Å²) in [5, 5.41) is 2.30. The van der Waals surface area contributed by atoms with Crippen LogP contribution in [-0.4, -0.2) is 63.5 Å². The number of nitrogens with zero attached hydrogens (tertiary/aromatic N) is 2. The molecule has 0 aliphatic rings. The highest BCUT2D eigenvalue weighted by Gasteiger charge is 2.30. The summed E-state index contributed by atoms with van der Waals surface area (Å²) >= 11 is 0. The van der Waals surface area contributed by atoms with Gasteiger partial charge in [-0.25, -0.2) is 8.42 Å². The fraction of sp³-hybridized carbons (Fsp3) is 0.533. The van der Waals surface area contributed by atoms with Crippen molar-refractivity contribution in [3.63, 3.8) is 0 Å². The molecule has 0 atom stereocenters. The molecule has 0 saturated heterocycles. The maximum absolute atomic E-state index is 12.7. The number of hydrogen-bond donors (Lipinski definition) is 1. The summed E-state index contributed by atoms with van der Waals surface area (Å²) < 4.78 is 62.5. The van der Waals surface area contributed by atoms with Crippen molar-refractivity contribution in [3.8, 4) is 0 Å². The molecule has 0 unspecified atom stereocenters. The fourth-order valence-corrected chi connectivity index (χ4v) is 2.87. The third kappa shape index (κ3) is 7.84. The van der Waals surface area contributed by atoms with Gasteiger partial charge < -0.3 is 10.2 Å². The van der Waals surface area contributed by atoms with Crippen LogP contribution in [0.3, 0.4) is 0 Å². The Hall–Kier alpha value is -1.65. The second kappa shape index (κ2) is 8.63. The van der Waals surface area contributed by atoms with E-state index in [0.29, 0.717) is 13.0 Å². The van der Waals surface area contributed by atoms with E-state index in [1.807, 2.05) is 19.0 Å². The van der Waals surface area contributed by atoms with Crippen LogP contribution in [0.2, 0.25) is 0 Å². The van der Waals surface area contributed by atoms with Crippen molar-refractivity contribution in [2.45, 2.75) is 12.6 Å². The Balaban J connectivity index is 2.75. The highest BCUT2D eigenvalue weighted by Crippen LogP contribution is 2.30. The van der Waals surface area contributed by atoms with Crippen LogP contribution >= 0.6 is 0 Å². The molecule has 0 aliphatic carbocycles. The molecule has 0 radical (unpaired) electrons. The molecule has 25 heavy (non-hydrogen) atoms. The standard InChI is InChI=1S/C15H22F3N3O3S/c1-20(2)8-5-9-21(25(3,23)24)11-14(22)19-13-7-4-6-12(10-13)15(16,17)18/h4,6-7,10H,5,8-9,11H2,1-3H3,(H,19,22). The van der Waals surface area contributed by atoms with E-state index in [-0.39, 0.29) is 12.2 Å². The zero-order valence-corrected chi connectivity index (χ0v) is 15.1. The Kier molecular flexibility index (Phi) is 7.39. The minimum Gasteiger partial charge on any atom is -0.325 e. The third-order valence-corrected chi connectivity index (χ3v) is 4.53. The van der Waals surface area contributed by atoms with Crippen molar-refractivity contribution in [1.82, 2.24) is 9.21 Å². The first-order chi connectivity index (χ1) is 11.4. The summed E-state index contributed by atoms with van der Waals surface area (Å²) in [6.07, 6.45) is -3.01. The SMILES string of the molecule is CN(C)CCCN(CC(=O)Nc1cccc(C(F)(F)F)c1)S(C)(=O)=O. The van der Waals surface area contributed by atoms with Crippen LogP contribution in [0.4, 0.5) is 18.9 Å². The van der Waals surface area contributed by atoms with Gasteiger partial charge in [0, 0.05) is 12.2 Å². The van der Waals surface area contributed by atoms with Crippen LogP contribution in [0.15, 0.2) is 24.3 Å². The van der Waals surface area contributed by atoms with E-state index in [0.717, 1.165) is 22.7 Å². The summed E-state index contributed by atoms with van der Waals surface area (Å²) in [7, 11) is 0.0692. The van der Waals surface area contributed by atoms with Crippen LogP contribution in [-0.2, 0) is 21.0 Å². The molecule has 0 heterocycles. The average Bonchev–Trinajstić information content (AvgIpc) is 2.44. The molecule has 0 bridgehead atoms. The molecular formula is C15H22F3N3O3S. The average molecular weight is 381 g/mol. The van der Waals surface area contributed by atoms with Crippen LogP contribution < -0.4 is 5.32 Å². The number of alkyl halides is 3. The number of sulfonamides is 1. The predicted molar refractivity (Wildman–Crippen MR) is 89.7 cm³/mol. The summed E-state index contributed by atoms with van der Waals surface area (Å²) in [5.74, 6) is -0.699. The highest BCUT2D eigenvalue weighted by atomic mass is 32.2. The summed E-state index contributed by atoms with van der Waals surface area (Å²) in [6.45, 7) is 0.330. The summed E-state index contributed by atoms with van der Waals surface area (Å²) in [5.41, 5.74) is -0.933. The fourth-order valence-electron chi connectivity index (χ4n) is 2.06. The minimum absolute atomic E-state index is 0.0402. The van der Waals surface area contributed by atoms with Crippen molar-refractivity contribution >= 4 is 21.6 Å². The van der Waals surface area contributed by atoms with Gasteiger partial charge in [-0.3, -0.25) is 4.79 Å². The number of benzene rings is 1. The lowest BCUT2D eigenvalue weighted by atomic mass is 10.2. The second-order valence-electron chi connectivity index (χ2n) is 5.88. The zero-order chi connectivity index (χ0) is 19.3. The minimum atomic E-state index is -4.52. The van der Waals surface area contributed by atoms with E-state index in [9.17, 15) is 26.4 Å². The normalized spacial score (nSPS) is 12.6. The van der Waals surface area contributed by atoms with Crippen molar-refractivity contribution in [3.05, 3.63) is 29.8 Å². The lowest BCUT2D eigenvalue weighted by Gasteiger charge is -2.20. The lowest BCUT2D eigenvalue weighted by Crippen LogP contribution is -2.38. The molecule has 1 aromatic carbocycles. The Labute approximate surface area is 145 Å². The maximum atomic E-state index is 12.7. The number of carbonyl (C=O) groups is 1. The van der Waals surface area contributed by atoms with E-state index < -0.39 is 34.2 Å². The molecule has 0 aliphatic heterocycles. The highest BCUT2D eigenvalue weighted by molar-refractivity contribution is 7.88. The van der Waals surface area contributed by atoms with Crippen LogP contribution in [0, 0.1) is 0 Å². The number of rotatable bonds is 8. The Bertz CT molecular complexity index is 691. The molecule has 142 valence electrons. The van der Waals surface area contributed by atoms with Crippen molar-refractivity contribution < 1.29 is 26.4 Å². The molecule has 1 N–H and O–H groups in total.